The van der Waals surface area contributed by atoms with Crippen molar-refractivity contribution >= 4 is 27.5 Å². The normalized spacial score (nSPS) is 19.8. The Kier molecular flexibility index (Phi) is 6.43. The van der Waals surface area contributed by atoms with Crippen LogP contribution in [-0.4, -0.2) is 49.3 Å². The van der Waals surface area contributed by atoms with Gasteiger partial charge in [0.2, 0.25) is 5.91 Å². The molecule has 2 aromatic rings. The highest BCUT2D eigenvalue weighted by atomic mass is 32.2. The Morgan fingerprint density at radius 1 is 1.16 bits per heavy atom. The zero-order valence-electron chi connectivity index (χ0n) is 17.8. The third-order valence-electron chi connectivity index (χ3n) is 5.87. The van der Waals surface area contributed by atoms with E-state index < -0.39 is 10.0 Å². The Balaban J connectivity index is 1.40. The molecule has 0 bridgehead atoms. The number of hydrogen-bond acceptors (Lipinski definition) is 5. The van der Waals surface area contributed by atoms with Gasteiger partial charge >= 0.3 is 0 Å². The van der Waals surface area contributed by atoms with Gasteiger partial charge in [0.25, 0.3) is 10.0 Å². The highest BCUT2D eigenvalue weighted by Crippen LogP contribution is 2.25. The summed E-state index contributed by atoms with van der Waals surface area (Å²) in [4.78, 5) is 19.2. The number of sulfonamides is 1. The van der Waals surface area contributed by atoms with Gasteiger partial charge in [-0.2, -0.15) is 0 Å². The number of amides is 1. The van der Waals surface area contributed by atoms with Gasteiger partial charge in [0.1, 0.15) is 5.84 Å². The highest BCUT2D eigenvalue weighted by Gasteiger charge is 2.25. The number of rotatable bonds is 5. The minimum absolute atomic E-state index is 0.112. The lowest BCUT2D eigenvalue weighted by molar-refractivity contribution is -0.118. The third-order valence-corrected chi connectivity index (χ3v) is 7.25. The number of nitrogens with one attached hydrogen (secondary N) is 2. The summed E-state index contributed by atoms with van der Waals surface area (Å²) in [6, 6.07) is 10.6. The van der Waals surface area contributed by atoms with Gasteiger partial charge in [0, 0.05) is 49.7 Å². The number of hydrogen-bond donors (Lipinski definition) is 2. The predicted molar refractivity (Wildman–Crippen MR) is 121 cm³/mol. The van der Waals surface area contributed by atoms with Crippen LogP contribution in [0.15, 0.2) is 52.5 Å². The van der Waals surface area contributed by atoms with E-state index in [9.17, 15) is 13.2 Å². The zero-order chi connectivity index (χ0) is 21.8. The molecule has 166 valence electrons. The van der Waals surface area contributed by atoms with Crippen molar-refractivity contribution in [1.82, 2.24) is 14.2 Å². The summed E-state index contributed by atoms with van der Waals surface area (Å²) in [6.07, 6.45) is 5.65. The largest absolute Gasteiger partial charge is 0.349 e. The smallest absolute Gasteiger partial charge is 0.262 e. The molecule has 1 amide bonds. The summed E-state index contributed by atoms with van der Waals surface area (Å²) in [7, 11) is -3.74. The summed E-state index contributed by atoms with van der Waals surface area (Å²) >= 11 is 0. The SMILES string of the molecule is CC1c2cccn2CCN1CC(=O)Nc1cccc(S(=O)(=O)NC2=NCCCCC2)c1. The molecule has 0 radical (unpaired) electrons. The van der Waals surface area contributed by atoms with Crippen LogP contribution in [0.1, 0.15) is 44.3 Å². The summed E-state index contributed by atoms with van der Waals surface area (Å²) in [5, 5.41) is 2.84. The van der Waals surface area contributed by atoms with Crippen molar-refractivity contribution in [1.29, 1.82) is 0 Å². The van der Waals surface area contributed by atoms with E-state index in [0.29, 0.717) is 24.5 Å². The highest BCUT2D eigenvalue weighted by molar-refractivity contribution is 7.90. The fraction of sp³-hybridized carbons (Fsp3) is 0.455. The number of amidine groups is 1. The molecule has 4 rings (SSSR count). The van der Waals surface area contributed by atoms with E-state index in [0.717, 1.165) is 32.4 Å². The Bertz CT molecular complexity index is 1080. The molecule has 0 saturated carbocycles. The van der Waals surface area contributed by atoms with E-state index in [1.165, 1.54) is 17.8 Å². The van der Waals surface area contributed by atoms with Crippen molar-refractivity contribution in [2.75, 3.05) is 25.0 Å². The quantitative estimate of drug-likeness (QED) is 0.743. The minimum atomic E-state index is -3.74. The lowest BCUT2D eigenvalue weighted by Gasteiger charge is -2.34. The zero-order valence-corrected chi connectivity index (χ0v) is 18.6. The number of benzene rings is 1. The molecule has 3 heterocycles. The van der Waals surface area contributed by atoms with Crippen molar-refractivity contribution in [2.45, 2.75) is 50.1 Å². The van der Waals surface area contributed by atoms with Crippen LogP contribution in [0.4, 0.5) is 5.69 Å². The molecule has 2 aliphatic heterocycles. The number of aliphatic imine (C=N–C) groups is 1. The summed E-state index contributed by atoms with van der Waals surface area (Å²) in [5.74, 6) is 0.346. The molecule has 0 aliphatic carbocycles. The van der Waals surface area contributed by atoms with Gasteiger partial charge < -0.3 is 9.88 Å². The van der Waals surface area contributed by atoms with Crippen LogP contribution < -0.4 is 10.0 Å². The molecule has 1 unspecified atom stereocenters. The molecule has 0 saturated heterocycles. The molecular formula is C22H29N5O3S. The Morgan fingerprint density at radius 3 is 2.90 bits per heavy atom. The van der Waals surface area contributed by atoms with E-state index in [1.54, 1.807) is 12.1 Å². The van der Waals surface area contributed by atoms with E-state index in [1.807, 2.05) is 6.07 Å². The predicted octanol–water partition coefficient (Wildman–Crippen LogP) is 2.75. The first-order chi connectivity index (χ1) is 14.9. The Labute approximate surface area is 183 Å². The van der Waals surface area contributed by atoms with Crippen LogP contribution >= 0.6 is 0 Å². The van der Waals surface area contributed by atoms with Crippen molar-refractivity contribution < 1.29 is 13.2 Å². The van der Waals surface area contributed by atoms with Crippen molar-refractivity contribution in [3.05, 3.63) is 48.3 Å². The van der Waals surface area contributed by atoms with Gasteiger partial charge in [-0.15, -0.1) is 0 Å². The standard InChI is InChI=1S/C22H29N5O3S/c1-17-20-9-6-12-26(20)13-14-27(17)16-22(28)24-18-7-5-8-19(15-18)31(29,30)25-21-10-3-2-4-11-23-21/h5-9,12,15,17H,2-4,10-11,13-14,16H2,1H3,(H,23,25)(H,24,28). The van der Waals surface area contributed by atoms with E-state index in [4.69, 9.17) is 0 Å². The van der Waals surface area contributed by atoms with Crippen LogP contribution in [0, 0.1) is 0 Å². The molecule has 0 fully saturated rings. The third kappa shape index (κ3) is 5.16. The first-order valence-corrected chi connectivity index (χ1v) is 12.3. The minimum Gasteiger partial charge on any atom is -0.349 e. The molecule has 2 N–H and O–H groups in total. The van der Waals surface area contributed by atoms with Crippen LogP contribution in [-0.2, 0) is 21.4 Å². The average molecular weight is 444 g/mol. The second kappa shape index (κ2) is 9.23. The monoisotopic (exact) mass is 443 g/mol. The number of carbonyl (C=O) groups is 1. The number of nitrogens with zero attached hydrogens (tertiary/aromatic N) is 3. The molecule has 8 nitrogen and oxygen atoms in total. The molecular weight excluding hydrogens is 414 g/mol. The fourth-order valence-corrected chi connectivity index (χ4v) is 5.27. The van der Waals surface area contributed by atoms with E-state index in [2.05, 4.69) is 43.7 Å². The summed E-state index contributed by atoms with van der Waals surface area (Å²) < 4.78 is 30.4. The Morgan fingerprint density at radius 2 is 2.03 bits per heavy atom. The van der Waals surface area contributed by atoms with E-state index >= 15 is 0 Å². The van der Waals surface area contributed by atoms with Crippen molar-refractivity contribution in [2.24, 2.45) is 4.99 Å². The van der Waals surface area contributed by atoms with Crippen LogP contribution in [0.5, 0.6) is 0 Å². The molecule has 1 aromatic carbocycles. The lowest BCUT2D eigenvalue weighted by Crippen LogP contribution is -2.41. The van der Waals surface area contributed by atoms with Gasteiger partial charge in [0.15, 0.2) is 0 Å². The molecule has 2 aliphatic rings. The molecule has 1 aromatic heterocycles. The van der Waals surface area contributed by atoms with Crippen LogP contribution in [0.3, 0.4) is 0 Å². The fourth-order valence-electron chi connectivity index (χ4n) is 4.14. The molecule has 31 heavy (non-hydrogen) atoms. The van der Waals surface area contributed by atoms with Crippen molar-refractivity contribution in [3.8, 4) is 0 Å². The second-order valence-corrected chi connectivity index (χ2v) is 9.78. The summed E-state index contributed by atoms with van der Waals surface area (Å²) in [6.45, 7) is 4.62. The van der Waals surface area contributed by atoms with Crippen LogP contribution in [0.2, 0.25) is 0 Å². The second-order valence-electron chi connectivity index (χ2n) is 8.09. The maximum absolute atomic E-state index is 12.8. The number of fused-ring (bicyclic) bond motifs is 1. The molecule has 0 spiro atoms. The number of aromatic nitrogens is 1. The van der Waals surface area contributed by atoms with Gasteiger partial charge in [-0.05, 0) is 50.1 Å². The van der Waals surface area contributed by atoms with Gasteiger partial charge in [-0.25, -0.2) is 8.42 Å². The Hall–Kier alpha value is -2.65. The molecule has 9 heteroatoms. The number of carbonyl (C=O) groups excluding carboxylic acids is 1. The first kappa shape index (κ1) is 21.6. The topological polar surface area (TPSA) is 95.8 Å². The maximum Gasteiger partial charge on any atom is 0.262 e. The van der Waals surface area contributed by atoms with Crippen molar-refractivity contribution in [3.63, 3.8) is 0 Å². The van der Waals surface area contributed by atoms with Crippen LogP contribution in [0.25, 0.3) is 0 Å². The number of anilines is 1. The summed E-state index contributed by atoms with van der Waals surface area (Å²) in [5.41, 5.74) is 1.66. The maximum atomic E-state index is 12.8. The molecule has 1 atom stereocenters. The average Bonchev–Trinajstić information content (AvgIpc) is 3.08. The lowest BCUT2D eigenvalue weighted by atomic mass is 10.1. The van der Waals surface area contributed by atoms with Gasteiger partial charge in [-0.1, -0.05) is 12.5 Å². The van der Waals surface area contributed by atoms with Gasteiger partial charge in [-0.3, -0.25) is 19.4 Å². The van der Waals surface area contributed by atoms with Gasteiger partial charge in [0.05, 0.1) is 11.4 Å². The first-order valence-electron chi connectivity index (χ1n) is 10.8. The van der Waals surface area contributed by atoms with E-state index in [-0.39, 0.29) is 23.4 Å².